The van der Waals surface area contributed by atoms with Crippen LogP contribution in [-0.4, -0.2) is 20.1 Å². The number of hydrogen-bond acceptors (Lipinski definition) is 2. The van der Waals surface area contributed by atoms with Gasteiger partial charge in [-0.1, -0.05) is 33.0 Å². The van der Waals surface area contributed by atoms with E-state index in [1.54, 1.807) is 0 Å². The van der Waals surface area contributed by atoms with Crippen LogP contribution in [0.4, 0.5) is 0 Å². The first-order chi connectivity index (χ1) is 5.46. The molecular formula is C9H18O2Si. The van der Waals surface area contributed by atoms with Crippen LogP contribution in [0, 0.1) is 0 Å². The van der Waals surface area contributed by atoms with Gasteiger partial charge < -0.3 is 4.74 Å². The van der Waals surface area contributed by atoms with Crippen molar-refractivity contribution in [2.24, 2.45) is 0 Å². The summed E-state index contributed by atoms with van der Waals surface area (Å²) in [5.41, 5.74) is 0.262. The summed E-state index contributed by atoms with van der Waals surface area (Å²) >= 11 is 0. The Labute approximate surface area is 75.3 Å². The summed E-state index contributed by atoms with van der Waals surface area (Å²) in [6.45, 7) is 8.84. The molecule has 0 aliphatic carbocycles. The lowest BCUT2D eigenvalue weighted by atomic mass is 10.1. The lowest BCUT2D eigenvalue weighted by Gasteiger charge is -2.41. The number of rotatable bonds is 3. The van der Waals surface area contributed by atoms with Crippen molar-refractivity contribution < 1.29 is 9.53 Å². The minimum Gasteiger partial charge on any atom is -0.462 e. The normalized spacial score (nSPS) is 29.5. The van der Waals surface area contributed by atoms with Crippen LogP contribution in [0.2, 0.25) is 25.2 Å². The molecule has 1 heterocycles. The van der Waals surface area contributed by atoms with Gasteiger partial charge in [0.15, 0.2) is 0 Å². The van der Waals surface area contributed by atoms with Crippen LogP contribution in [0.5, 0.6) is 0 Å². The van der Waals surface area contributed by atoms with Crippen molar-refractivity contribution in [1.29, 1.82) is 0 Å². The Morgan fingerprint density at radius 3 is 2.33 bits per heavy atom. The molecule has 0 spiro atoms. The maximum Gasteiger partial charge on any atom is 0.310 e. The van der Waals surface area contributed by atoms with Crippen LogP contribution in [0.1, 0.15) is 19.8 Å². The van der Waals surface area contributed by atoms with Gasteiger partial charge in [-0.3, -0.25) is 4.79 Å². The Bertz CT molecular complexity index is 183. The smallest absolute Gasteiger partial charge is 0.310 e. The fraction of sp³-hybridized carbons (Fsp3) is 0.889. The van der Waals surface area contributed by atoms with Gasteiger partial charge in [-0.15, -0.1) is 0 Å². The third-order valence-corrected chi connectivity index (χ3v) is 4.87. The van der Waals surface area contributed by atoms with Gasteiger partial charge >= 0.3 is 5.97 Å². The molecule has 1 saturated heterocycles. The van der Waals surface area contributed by atoms with E-state index in [9.17, 15) is 4.79 Å². The van der Waals surface area contributed by atoms with E-state index in [0.29, 0.717) is 0 Å². The van der Waals surface area contributed by atoms with Crippen LogP contribution in [-0.2, 0) is 9.53 Å². The Kier molecular flexibility index (Phi) is 2.61. The summed E-state index contributed by atoms with van der Waals surface area (Å²) in [6.07, 6.45) is 2.40. The summed E-state index contributed by atoms with van der Waals surface area (Å²) in [5, 5.41) is 0. The van der Waals surface area contributed by atoms with E-state index in [4.69, 9.17) is 4.74 Å². The molecule has 2 atom stereocenters. The molecule has 0 aromatic heterocycles. The van der Waals surface area contributed by atoms with Gasteiger partial charge in [-0.05, 0) is 6.42 Å². The number of cyclic esters (lactones) is 1. The van der Waals surface area contributed by atoms with Crippen molar-refractivity contribution in [3.63, 3.8) is 0 Å². The van der Waals surface area contributed by atoms with Crippen molar-refractivity contribution in [2.75, 3.05) is 0 Å². The Morgan fingerprint density at radius 1 is 1.42 bits per heavy atom. The van der Waals surface area contributed by atoms with E-state index in [0.717, 1.165) is 12.8 Å². The molecule has 0 bridgehead atoms. The fourth-order valence-corrected chi connectivity index (χ4v) is 3.92. The largest absolute Gasteiger partial charge is 0.462 e. The van der Waals surface area contributed by atoms with Gasteiger partial charge in [-0.25, -0.2) is 0 Å². The second-order valence-corrected chi connectivity index (χ2v) is 9.96. The molecule has 70 valence electrons. The first-order valence-electron chi connectivity index (χ1n) is 4.67. The van der Waals surface area contributed by atoms with Crippen LogP contribution in [0.25, 0.3) is 0 Å². The summed E-state index contributed by atoms with van der Waals surface area (Å²) in [5.74, 6) is 0.0487. The Morgan fingerprint density at radius 2 is 2.00 bits per heavy atom. The monoisotopic (exact) mass is 186 g/mol. The maximum absolute atomic E-state index is 11.2. The summed E-state index contributed by atoms with van der Waals surface area (Å²) < 4.78 is 5.11. The van der Waals surface area contributed by atoms with Crippen molar-refractivity contribution in [1.82, 2.24) is 0 Å². The number of hydrogen-bond donors (Lipinski definition) is 0. The first kappa shape index (κ1) is 9.77. The second-order valence-electron chi connectivity index (χ2n) is 4.61. The molecule has 0 amide bonds. The van der Waals surface area contributed by atoms with Crippen molar-refractivity contribution in [3.8, 4) is 0 Å². The average molecular weight is 186 g/mol. The predicted molar refractivity (Wildman–Crippen MR) is 51.9 cm³/mol. The lowest BCUT2D eigenvalue weighted by molar-refractivity contribution is -0.170. The molecule has 1 aliphatic heterocycles. The second kappa shape index (κ2) is 3.21. The molecule has 0 aromatic rings. The lowest BCUT2D eigenvalue weighted by Crippen LogP contribution is -2.52. The Balaban J connectivity index is 2.56. The van der Waals surface area contributed by atoms with Crippen LogP contribution in [0.15, 0.2) is 0 Å². The van der Waals surface area contributed by atoms with Crippen LogP contribution >= 0.6 is 0 Å². The molecular weight excluding hydrogens is 168 g/mol. The van der Waals surface area contributed by atoms with E-state index in [1.165, 1.54) is 0 Å². The third kappa shape index (κ3) is 1.71. The summed E-state index contributed by atoms with van der Waals surface area (Å²) in [6, 6.07) is 0. The highest BCUT2D eigenvalue weighted by Gasteiger charge is 2.49. The highest BCUT2D eigenvalue weighted by molar-refractivity contribution is 6.81. The molecule has 0 saturated carbocycles. The van der Waals surface area contributed by atoms with Gasteiger partial charge in [0.25, 0.3) is 0 Å². The average Bonchev–Trinajstić information content (AvgIpc) is 1.82. The van der Waals surface area contributed by atoms with Gasteiger partial charge in [0.1, 0.15) is 6.10 Å². The van der Waals surface area contributed by atoms with Crippen LogP contribution in [0.3, 0.4) is 0 Å². The SMILES string of the molecule is CCC[C@H]1OC(=O)[C@H]1[Si](C)(C)C. The molecule has 0 aromatic carbocycles. The minimum atomic E-state index is -1.31. The zero-order chi connectivity index (χ0) is 9.35. The number of esters is 1. The molecule has 12 heavy (non-hydrogen) atoms. The third-order valence-electron chi connectivity index (χ3n) is 2.40. The maximum atomic E-state index is 11.2. The highest BCUT2D eigenvalue weighted by Crippen LogP contribution is 2.39. The molecule has 1 fully saturated rings. The zero-order valence-corrected chi connectivity index (χ0v) is 9.39. The molecule has 2 nitrogen and oxygen atoms in total. The summed E-state index contributed by atoms with van der Waals surface area (Å²) in [7, 11) is -1.31. The standard InChI is InChI=1S/C9H18O2Si/c1-5-6-7-8(9(10)11-7)12(2,3)4/h7-8H,5-6H2,1-4H3/t7-,8+/m1/s1. The topological polar surface area (TPSA) is 26.3 Å². The van der Waals surface area contributed by atoms with E-state index >= 15 is 0 Å². The van der Waals surface area contributed by atoms with Gasteiger partial charge in [0.2, 0.25) is 0 Å². The van der Waals surface area contributed by atoms with E-state index in [-0.39, 0.29) is 17.6 Å². The predicted octanol–water partition coefficient (Wildman–Crippen LogP) is 2.42. The van der Waals surface area contributed by atoms with Gasteiger partial charge in [-0.2, -0.15) is 0 Å². The zero-order valence-electron chi connectivity index (χ0n) is 8.39. The minimum absolute atomic E-state index is 0.0487. The van der Waals surface area contributed by atoms with Crippen molar-refractivity contribution in [2.45, 2.75) is 51.1 Å². The number of ether oxygens (including phenoxy) is 1. The van der Waals surface area contributed by atoms with E-state index < -0.39 is 8.07 Å². The number of carbonyl (C=O) groups excluding carboxylic acids is 1. The van der Waals surface area contributed by atoms with Crippen molar-refractivity contribution >= 4 is 14.0 Å². The first-order valence-corrected chi connectivity index (χ1v) is 8.25. The number of carbonyl (C=O) groups is 1. The molecule has 3 heteroatoms. The quantitative estimate of drug-likeness (QED) is 0.500. The fourth-order valence-electron chi connectivity index (χ4n) is 1.79. The Hall–Kier alpha value is -0.313. The molecule has 1 rings (SSSR count). The highest BCUT2D eigenvalue weighted by atomic mass is 28.3. The molecule has 1 aliphatic rings. The van der Waals surface area contributed by atoms with E-state index in [1.807, 2.05) is 0 Å². The molecule has 0 unspecified atom stereocenters. The van der Waals surface area contributed by atoms with Crippen LogP contribution < -0.4 is 0 Å². The van der Waals surface area contributed by atoms with Gasteiger partial charge in [0.05, 0.1) is 13.6 Å². The van der Waals surface area contributed by atoms with E-state index in [2.05, 4.69) is 26.6 Å². The molecule has 0 N–H and O–H groups in total. The van der Waals surface area contributed by atoms with Gasteiger partial charge in [0, 0.05) is 0 Å². The molecule has 0 radical (unpaired) electrons. The van der Waals surface area contributed by atoms with Crippen molar-refractivity contribution in [3.05, 3.63) is 0 Å². The summed E-state index contributed by atoms with van der Waals surface area (Å²) in [4.78, 5) is 11.2.